The number of nitrogens with zero attached hydrogens (tertiary/aromatic N) is 1. The molecule has 0 aromatic carbocycles. The lowest BCUT2D eigenvalue weighted by Crippen LogP contribution is -2.41. The van der Waals surface area contributed by atoms with Crippen molar-refractivity contribution < 1.29 is 9.16 Å². The van der Waals surface area contributed by atoms with Crippen LogP contribution in [0, 0.1) is 11.3 Å². The van der Waals surface area contributed by atoms with E-state index in [0.717, 1.165) is 25.9 Å². The predicted octanol–water partition coefficient (Wildman–Crippen LogP) is 3.86. The Balaban J connectivity index is 2.15. The molecule has 2 atom stereocenters. The average molecular weight is 269 g/mol. The predicted molar refractivity (Wildman–Crippen MR) is 75.9 cm³/mol. The quantitative estimate of drug-likeness (QED) is 0.400. The summed E-state index contributed by atoms with van der Waals surface area (Å²) in [5.74, 6) is 0. The van der Waals surface area contributed by atoms with Gasteiger partial charge in [-0.05, 0) is 37.4 Å². The van der Waals surface area contributed by atoms with E-state index in [2.05, 4.69) is 39.9 Å². The van der Waals surface area contributed by atoms with Gasteiger partial charge in [0.2, 0.25) is 0 Å². The minimum Gasteiger partial charge on any atom is -0.414 e. The zero-order valence-corrected chi connectivity index (χ0v) is 13.5. The van der Waals surface area contributed by atoms with E-state index in [0.29, 0.717) is 18.6 Å². The smallest absolute Gasteiger partial charge is 0.192 e. The highest BCUT2D eigenvalue weighted by Crippen LogP contribution is 2.38. The summed E-state index contributed by atoms with van der Waals surface area (Å²) >= 11 is 0. The fourth-order valence-corrected chi connectivity index (χ4v) is 2.65. The highest BCUT2D eigenvalue weighted by Gasteiger charge is 2.42. The van der Waals surface area contributed by atoms with Crippen LogP contribution in [0.5, 0.6) is 0 Å². The molecule has 0 aliphatic carbocycles. The number of ether oxygens (including phenoxy) is 1. The molecule has 1 rings (SSSR count). The van der Waals surface area contributed by atoms with E-state index >= 15 is 0 Å². The third-order valence-electron chi connectivity index (χ3n) is 4.13. The summed E-state index contributed by atoms with van der Waals surface area (Å²) in [7, 11) is -1.62. The van der Waals surface area contributed by atoms with Crippen LogP contribution in [0.25, 0.3) is 0 Å². The summed E-state index contributed by atoms with van der Waals surface area (Å²) in [6, 6.07) is 2.17. The van der Waals surface area contributed by atoms with Crippen LogP contribution < -0.4 is 0 Å². The minimum absolute atomic E-state index is 0.268. The summed E-state index contributed by atoms with van der Waals surface area (Å²) in [5, 5.41) is 8.72. The molecule has 1 aliphatic heterocycles. The Morgan fingerprint density at radius 1 is 1.22 bits per heavy atom. The molecule has 1 aliphatic rings. The van der Waals surface area contributed by atoms with Crippen molar-refractivity contribution in [1.82, 2.24) is 0 Å². The van der Waals surface area contributed by atoms with Gasteiger partial charge in [-0.25, -0.2) is 0 Å². The summed E-state index contributed by atoms with van der Waals surface area (Å²) in [6.07, 6.45) is 4.51. The lowest BCUT2D eigenvalue weighted by Gasteiger charge is -2.36. The van der Waals surface area contributed by atoms with Crippen molar-refractivity contribution in [1.29, 1.82) is 5.26 Å². The van der Waals surface area contributed by atoms with Gasteiger partial charge in [-0.3, -0.25) is 0 Å². The van der Waals surface area contributed by atoms with Gasteiger partial charge in [0.05, 0.1) is 18.8 Å². The molecule has 0 N–H and O–H groups in total. The largest absolute Gasteiger partial charge is 0.414 e. The first-order valence-electron chi connectivity index (χ1n) is 6.94. The van der Waals surface area contributed by atoms with E-state index in [-0.39, 0.29) is 5.04 Å². The Kier molecular flexibility index (Phi) is 5.39. The van der Waals surface area contributed by atoms with Crippen LogP contribution in [0.1, 0.15) is 46.5 Å². The van der Waals surface area contributed by atoms with Gasteiger partial charge in [0, 0.05) is 6.42 Å². The molecule has 0 unspecified atom stereocenters. The van der Waals surface area contributed by atoms with Crippen molar-refractivity contribution in [3.63, 3.8) is 0 Å². The van der Waals surface area contributed by atoms with Gasteiger partial charge in [0.1, 0.15) is 6.10 Å². The van der Waals surface area contributed by atoms with Crippen LogP contribution in [0.15, 0.2) is 0 Å². The van der Waals surface area contributed by atoms with E-state index in [1.54, 1.807) is 0 Å². The third-order valence-corrected chi connectivity index (χ3v) is 8.63. The molecule has 4 heteroatoms. The fourth-order valence-electron chi connectivity index (χ4n) is 1.64. The van der Waals surface area contributed by atoms with Crippen LogP contribution >= 0.6 is 0 Å². The lowest BCUT2D eigenvalue weighted by atomic mass is 10.1. The Bertz CT molecular complexity index is 304. The SMILES string of the molecule is CC(C)(C)[Si](C)(C)OC[C@@H]1O[C@H]1CCCCC#N. The average Bonchev–Trinajstić information content (AvgIpc) is 2.99. The summed E-state index contributed by atoms with van der Waals surface area (Å²) in [6.45, 7) is 12.1. The summed E-state index contributed by atoms with van der Waals surface area (Å²) in [4.78, 5) is 0. The van der Waals surface area contributed by atoms with Gasteiger partial charge in [-0.1, -0.05) is 20.8 Å². The third kappa shape index (κ3) is 4.72. The Labute approximate surface area is 113 Å². The molecule has 0 radical (unpaired) electrons. The molecular weight excluding hydrogens is 242 g/mol. The molecule has 1 fully saturated rings. The first-order valence-corrected chi connectivity index (χ1v) is 9.85. The maximum Gasteiger partial charge on any atom is 0.192 e. The summed E-state index contributed by atoms with van der Waals surface area (Å²) in [5.41, 5.74) is 0. The second-order valence-corrected chi connectivity index (χ2v) is 11.5. The Hall–Kier alpha value is -0.373. The number of epoxide rings is 1. The highest BCUT2D eigenvalue weighted by atomic mass is 28.4. The molecular formula is C14H27NO2Si. The fraction of sp³-hybridized carbons (Fsp3) is 0.929. The molecule has 0 spiro atoms. The number of nitriles is 1. The molecule has 0 saturated carbocycles. The number of unbranched alkanes of at least 4 members (excludes halogenated alkanes) is 2. The van der Waals surface area contributed by atoms with Gasteiger partial charge in [-0.2, -0.15) is 5.26 Å². The number of hydrogen-bond acceptors (Lipinski definition) is 3. The van der Waals surface area contributed by atoms with Gasteiger partial charge < -0.3 is 9.16 Å². The molecule has 0 bridgehead atoms. The highest BCUT2D eigenvalue weighted by molar-refractivity contribution is 6.74. The van der Waals surface area contributed by atoms with Gasteiger partial charge in [0.25, 0.3) is 0 Å². The molecule has 0 aromatic rings. The van der Waals surface area contributed by atoms with E-state index in [4.69, 9.17) is 14.4 Å². The van der Waals surface area contributed by atoms with Gasteiger partial charge in [0.15, 0.2) is 8.32 Å². The molecule has 1 heterocycles. The van der Waals surface area contributed by atoms with Gasteiger partial charge >= 0.3 is 0 Å². The van der Waals surface area contributed by atoms with E-state index in [1.807, 2.05) is 0 Å². The number of hydrogen-bond donors (Lipinski definition) is 0. The van der Waals surface area contributed by atoms with E-state index in [9.17, 15) is 0 Å². The normalized spacial score (nSPS) is 23.8. The van der Waals surface area contributed by atoms with E-state index in [1.165, 1.54) is 0 Å². The van der Waals surface area contributed by atoms with Crippen molar-refractivity contribution in [2.45, 2.75) is 76.8 Å². The van der Waals surface area contributed by atoms with Crippen molar-refractivity contribution >= 4 is 8.32 Å². The van der Waals surface area contributed by atoms with Gasteiger partial charge in [-0.15, -0.1) is 0 Å². The summed E-state index contributed by atoms with van der Waals surface area (Å²) < 4.78 is 11.8. The topological polar surface area (TPSA) is 45.5 Å². The maximum atomic E-state index is 8.45. The van der Waals surface area contributed by atoms with Crippen molar-refractivity contribution in [2.75, 3.05) is 6.61 Å². The monoisotopic (exact) mass is 269 g/mol. The first kappa shape index (κ1) is 15.7. The first-order chi connectivity index (χ1) is 8.28. The van der Waals surface area contributed by atoms with E-state index < -0.39 is 8.32 Å². The lowest BCUT2D eigenvalue weighted by molar-refractivity contribution is 0.241. The second-order valence-electron chi connectivity index (χ2n) is 6.69. The van der Waals surface area contributed by atoms with Crippen molar-refractivity contribution in [3.05, 3.63) is 0 Å². The molecule has 1 saturated heterocycles. The maximum absolute atomic E-state index is 8.45. The van der Waals surface area contributed by atoms with Crippen LogP contribution in [0.4, 0.5) is 0 Å². The molecule has 18 heavy (non-hydrogen) atoms. The Morgan fingerprint density at radius 2 is 1.89 bits per heavy atom. The van der Waals surface area contributed by atoms with Crippen LogP contribution in [0.2, 0.25) is 18.1 Å². The second kappa shape index (κ2) is 6.18. The molecule has 0 aromatic heterocycles. The van der Waals surface area contributed by atoms with Crippen LogP contribution in [0.3, 0.4) is 0 Å². The van der Waals surface area contributed by atoms with Crippen LogP contribution in [-0.4, -0.2) is 27.1 Å². The van der Waals surface area contributed by atoms with Crippen molar-refractivity contribution in [2.24, 2.45) is 0 Å². The zero-order valence-electron chi connectivity index (χ0n) is 12.5. The molecule has 3 nitrogen and oxygen atoms in total. The molecule has 104 valence electrons. The molecule has 0 amide bonds. The Morgan fingerprint density at radius 3 is 2.44 bits per heavy atom. The van der Waals surface area contributed by atoms with Crippen molar-refractivity contribution in [3.8, 4) is 6.07 Å². The standard InChI is InChI=1S/C14H27NO2Si/c1-14(2,3)18(4,5)16-11-13-12(17-13)9-7-6-8-10-15/h12-13H,6-9,11H2,1-5H3/t12-,13-/m0/s1. The zero-order chi connectivity index (χ0) is 13.8. The minimum atomic E-state index is -1.62. The van der Waals surface area contributed by atoms with Crippen LogP contribution in [-0.2, 0) is 9.16 Å². The number of rotatable bonds is 7.